The summed E-state index contributed by atoms with van der Waals surface area (Å²) in [6, 6.07) is 45.5. The van der Waals surface area contributed by atoms with Crippen LogP contribution in [0.2, 0.25) is 0 Å². The average molecular weight is 496 g/mol. The van der Waals surface area contributed by atoms with Gasteiger partial charge >= 0.3 is 0 Å². The second-order valence-electron chi connectivity index (χ2n) is 10.3. The van der Waals surface area contributed by atoms with Crippen LogP contribution in [0.1, 0.15) is 0 Å². The van der Waals surface area contributed by atoms with Gasteiger partial charge in [-0.05, 0) is 84.6 Å². The molecule has 8 aromatic rings. The Morgan fingerprint density at radius 2 is 1.15 bits per heavy atom. The van der Waals surface area contributed by atoms with Gasteiger partial charge in [0.25, 0.3) is 0 Å². The summed E-state index contributed by atoms with van der Waals surface area (Å²) in [5.41, 5.74) is 10.5. The monoisotopic (exact) mass is 495 g/mol. The maximum atomic E-state index is 6.40. The molecule has 2 nitrogen and oxygen atoms in total. The van der Waals surface area contributed by atoms with E-state index in [9.17, 15) is 0 Å². The topological polar surface area (TPSA) is 26.0 Å². The van der Waals surface area contributed by atoms with Crippen LogP contribution < -0.4 is 0 Å². The number of nitrogens with zero attached hydrogens (tertiary/aromatic N) is 1. The predicted octanol–water partition coefficient (Wildman–Crippen LogP) is 10.3. The average Bonchev–Trinajstić information content (AvgIpc) is 3.58. The number of oxazole rings is 1. The highest BCUT2D eigenvalue weighted by Crippen LogP contribution is 2.49. The van der Waals surface area contributed by atoms with Crippen LogP contribution in [0.4, 0.5) is 0 Å². The summed E-state index contributed by atoms with van der Waals surface area (Å²) in [7, 11) is 0. The van der Waals surface area contributed by atoms with Crippen molar-refractivity contribution in [3.63, 3.8) is 0 Å². The highest BCUT2D eigenvalue weighted by atomic mass is 16.3. The minimum atomic E-state index is 0.653. The molecule has 1 aliphatic rings. The number of fused-ring (bicyclic) bond motifs is 8. The molecule has 0 fully saturated rings. The Kier molecular flexibility index (Phi) is 4.08. The minimum absolute atomic E-state index is 0.653. The van der Waals surface area contributed by atoms with Crippen molar-refractivity contribution in [3.05, 3.63) is 127 Å². The molecule has 0 N–H and O–H groups in total. The summed E-state index contributed by atoms with van der Waals surface area (Å²) in [5.74, 6) is 0.653. The molecule has 180 valence electrons. The fourth-order valence-corrected chi connectivity index (χ4v) is 6.46. The largest absolute Gasteiger partial charge is 0.435 e. The fraction of sp³-hybridized carbons (Fsp3) is 0. The van der Waals surface area contributed by atoms with Gasteiger partial charge < -0.3 is 4.42 Å². The zero-order valence-corrected chi connectivity index (χ0v) is 21.0. The van der Waals surface area contributed by atoms with Gasteiger partial charge in [0.2, 0.25) is 5.89 Å². The molecule has 9 rings (SSSR count). The van der Waals surface area contributed by atoms with Crippen LogP contribution in [0, 0.1) is 0 Å². The van der Waals surface area contributed by atoms with Crippen LogP contribution in [0.5, 0.6) is 0 Å². The first kappa shape index (κ1) is 20.8. The Morgan fingerprint density at radius 1 is 0.436 bits per heavy atom. The molecule has 0 saturated heterocycles. The maximum absolute atomic E-state index is 6.40. The second-order valence-corrected chi connectivity index (χ2v) is 10.3. The molecule has 0 atom stereocenters. The number of aromatic nitrogens is 1. The number of hydrogen-bond acceptors (Lipinski definition) is 2. The summed E-state index contributed by atoms with van der Waals surface area (Å²) in [6.45, 7) is 0. The lowest BCUT2D eigenvalue weighted by Crippen LogP contribution is -1.85. The fourth-order valence-electron chi connectivity index (χ4n) is 6.46. The predicted molar refractivity (Wildman–Crippen MR) is 162 cm³/mol. The molecule has 1 aliphatic carbocycles. The van der Waals surface area contributed by atoms with Crippen molar-refractivity contribution in [2.75, 3.05) is 0 Å². The molecular formula is C37H21NO. The van der Waals surface area contributed by atoms with Crippen molar-refractivity contribution in [2.24, 2.45) is 0 Å². The molecule has 39 heavy (non-hydrogen) atoms. The molecule has 0 amide bonds. The normalized spacial score (nSPS) is 12.1. The third kappa shape index (κ3) is 2.89. The lowest BCUT2D eigenvalue weighted by molar-refractivity contribution is 0.623. The van der Waals surface area contributed by atoms with Crippen molar-refractivity contribution in [1.29, 1.82) is 0 Å². The van der Waals surface area contributed by atoms with Crippen molar-refractivity contribution in [3.8, 4) is 44.8 Å². The van der Waals surface area contributed by atoms with Gasteiger partial charge in [-0.3, -0.25) is 0 Å². The van der Waals surface area contributed by atoms with E-state index in [1.807, 2.05) is 30.3 Å². The third-order valence-electron chi connectivity index (χ3n) is 8.23. The summed E-state index contributed by atoms with van der Waals surface area (Å²) in [4.78, 5) is 4.81. The van der Waals surface area contributed by atoms with Gasteiger partial charge in [0, 0.05) is 10.9 Å². The summed E-state index contributed by atoms with van der Waals surface area (Å²) in [5, 5.41) is 7.29. The quantitative estimate of drug-likeness (QED) is 0.223. The van der Waals surface area contributed by atoms with E-state index in [2.05, 4.69) is 97.1 Å². The number of rotatable bonds is 2. The molecule has 0 spiro atoms. The highest BCUT2D eigenvalue weighted by molar-refractivity contribution is 6.20. The van der Waals surface area contributed by atoms with Gasteiger partial charge in [0.1, 0.15) is 5.52 Å². The molecule has 0 unspecified atom stereocenters. The first-order valence-corrected chi connectivity index (χ1v) is 13.3. The molecule has 1 aromatic heterocycles. The van der Waals surface area contributed by atoms with Crippen LogP contribution in [-0.4, -0.2) is 4.98 Å². The Hall–Kier alpha value is -5.21. The van der Waals surface area contributed by atoms with Crippen LogP contribution in [0.25, 0.3) is 88.3 Å². The second kappa shape index (κ2) is 7.66. The Morgan fingerprint density at radius 3 is 2.03 bits per heavy atom. The molecule has 2 heteroatoms. The van der Waals surface area contributed by atoms with Crippen LogP contribution >= 0.6 is 0 Å². The summed E-state index contributed by atoms with van der Waals surface area (Å²) >= 11 is 0. The number of benzene rings is 7. The first-order valence-electron chi connectivity index (χ1n) is 13.3. The van der Waals surface area contributed by atoms with E-state index < -0.39 is 0 Å². The summed E-state index contributed by atoms with van der Waals surface area (Å²) in [6.07, 6.45) is 0. The Bertz CT molecular complexity index is 2240. The lowest BCUT2D eigenvalue weighted by Gasteiger charge is -2.11. The van der Waals surface area contributed by atoms with E-state index in [-0.39, 0.29) is 0 Å². The Labute approximate surface area is 224 Å². The van der Waals surface area contributed by atoms with Crippen molar-refractivity contribution < 1.29 is 4.42 Å². The van der Waals surface area contributed by atoms with E-state index in [0.717, 1.165) is 27.4 Å². The van der Waals surface area contributed by atoms with Gasteiger partial charge in [0.15, 0.2) is 5.58 Å². The van der Waals surface area contributed by atoms with Crippen molar-refractivity contribution >= 4 is 43.4 Å². The Balaban J connectivity index is 1.26. The van der Waals surface area contributed by atoms with Gasteiger partial charge in [-0.1, -0.05) is 103 Å². The van der Waals surface area contributed by atoms with Crippen molar-refractivity contribution in [1.82, 2.24) is 4.98 Å². The maximum Gasteiger partial charge on any atom is 0.227 e. The van der Waals surface area contributed by atoms with Gasteiger partial charge in [-0.2, -0.15) is 0 Å². The first-order chi connectivity index (χ1) is 19.3. The van der Waals surface area contributed by atoms with Crippen LogP contribution in [0.15, 0.2) is 132 Å². The van der Waals surface area contributed by atoms with E-state index in [4.69, 9.17) is 9.40 Å². The third-order valence-corrected chi connectivity index (χ3v) is 8.23. The van der Waals surface area contributed by atoms with Gasteiger partial charge in [-0.25, -0.2) is 4.98 Å². The molecule has 7 aromatic carbocycles. The highest BCUT2D eigenvalue weighted by Gasteiger charge is 2.22. The SMILES string of the molecule is c1ccc(-c2nc3ccc4ccc5cc(-c6ccc7c8c(cccc68)-c6ccccc6-7)ccc5c4c3o2)cc1. The molecule has 0 aliphatic heterocycles. The zero-order valence-electron chi connectivity index (χ0n) is 21.0. The molecule has 1 heterocycles. The molecular weight excluding hydrogens is 474 g/mol. The standard InChI is InChI=1S/C37H21NO/c1-2-7-23(8-3-1)37-38-33-20-16-22-13-14-25-21-24(15-17-27(25)34(22)36(33)39-37)26-18-19-32-29-10-5-4-9-28(29)31-12-6-11-30(26)35(31)32/h1-21H. The molecule has 0 saturated carbocycles. The van der Waals surface area contributed by atoms with Crippen molar-refractivity contribution in [2.45, 2.75) is 0 Å². The van der Waals surface area contributed by atoms with E-state index in [0.29, 0.717) is 5.89 Å². The minimum Gasteiger partial charge on any atom is -0.435 e. The molecule has 0 radical (unpaired) electrons. The number of hydrogen-bond donors (Lipinski definition) is 0. The molecule has 0 bridgehead atoms. The van der Waals surface area contributed by atoms with Gasteiger partial charge in [-0.15, -0.1) is 0 Å². The lowest BCUT2D eigenvalue weighted by atomic mass is 9.92. The van der Waals surface area contributed by atoms with Crippen LogP contribution in [-0.2, 0) is 0 Å². The van der Waals surface area contributed by atoms with E-state index >= 15 is 0 Å². The smallest absolute Gasteiger partial charge is 0.227 e. The van der Waals surface area contributed by atoms with Crippen LogP contribution in [0.3, 0.4) is 0 Å². The zero-order chi connectivity index (χ0) is 25.5. The summed E-state index contributed by atoms with van der Waals surface area (Å²) < 4.78 is 6.40. The van der Waals surface area contributed by atoms with E-state index in [1.165, 1.54) is 54.9 Å². The van der Waals surface area contributed by atoms with Gasteiger partial charge in [0.05, 0.1) is 0 Å². The van der Waals surface area contributed by atoms with E-state index in [1.54, 1.807) is 0 Å².